The molecule has 0 N–H and O–H groups in total. The summed E-state index contributed by atoms with van der Waals surface area (Å²) < 4.78 is 0. The van der Waals surface area contributed by atoms with E-state index in [4.69, 9.17) is 75.0 Å². The minimum absolute atomic E-state index is 0. The summed E-state index contributed by atoms with van der Waals surface area (Å²) >= 11 is 0. The van der Waals surface area contributed by atoms with Gasteiger partial charge in [-0.1, -0.05) is 0 Å². The quantitative estimate of drug-likeness (QED) is 0.225. The Morgan fingerprint density at radius 1 is 0.333 bits per heavy atom. The van der Waals surface area contributed by atoms with Crippen LogP contribution in [0.2, 0.25) is 0 Å². The molecule has 0 aromatic carbocycles. The molecule has 19 heteroatoms. The second kappa shape index (κ2) is 49.5. The maximum absolute atomic E-state index is 8.33. The van der Waals surface area contributed by atoms with Gasteiger partial charge in [0.15, 0.2) is 0 Å². The first-order chi connectivity index (χ1) is 8.66. The fourth-order valence-electron chi connectivity index (χ4n) is 0. The maximum atomic E-state index is 8.33. The number of hydrogen-bond acceptors (Lipinski definition) is 15. The predicted molar refractivity (Wildman–Crippen MR) is 50.0 cm³/mol. The summed E-state index contributed by atoms with van der Waals surface area (Å²) in [4.78, 5) is 41.7. The van der Waals surface area contributed by atoms with Crippen LogP contribution in [0, 0.1) is 0 Å². The van der Waals surface area contributed by atoms with Gasteiger partial charge in [0.2, 0.25) is 0 Å². The molecular weight excluding hydrogens is 629 g/mol. The van der Waals surface area contributed by atoms with Gasteiger partial charge in [-0.25, -0.2) is 0 Å². The molecule has 0 atom stereocenters. The molecule has 0 radical (unpaired) electrons. The third-order valence-corrected chi connectivity index (χ3v) is 0. The molecule has 15 nitrogen and oxygen atoms in total. The zero-order valence-electron chi connectivity index (χ0n) is 11.2. The van der Waals surface area contributed by atoms with Crippen LogP contribution in [0.1, 0.15) is 0 Å². The molecule has 0 saturated heterocycles. The van der Waals surface area contributed by atoms with E-state index in [9.17, 15) is 0 Å². The first-order valence-electron chi connectivity index (χ1n) is 3.06. The van der Waals surface area contributed by atoms with Crippen molar-refractivity contribution in [3.8, 4) is 0 Å². The van der Waals surface area contributed by atoms with Crippen molar-refractivity contribution >= 4 is 163 Å². The molecule has 0 aliphatic rings. The van der Waals surface area contributed by atoms with Crippen LogP contribution in [-0.4, -0.2) is 163 Å². The van der Waals surface area contributed by atoms with Gasteiger partial charge in [-0.15, -0.1) is 0 Å². The van der Waals surface area contributed by atoms with E-state index in [-0.39, 0.29) is 132 Å². The van der Waals surface area contributed by atoms with Crippen LogP contribution in [0.4, 0.5) is 24.0 Å². The van der Waals surface area contributed by atoms with Crippen molar-refractivity contribution in [2.75, 3.05) is 0 Å². The van der Waals surface area contributed by atoms with E-state index in [0.717, 1.165) is 0 Å². The van der Waals surface area contributed by atoms with Crippen LogP contribution in [0.3, 0.4) is 0 Å². The van der Waals surface area contributed by atoms with Crippen molar-refractivity contribution in [3.05, 3.63) is 0 Å². The van der Waals surface area contributed by atoms with Gasteiger partial charge in [-0.2, -0.15) is 0 Å². The van der Waals surface area contributed by atoms with E-state index < -0.39 is 30.8 Å². The SMILES string of the molecule is O=C([O-])[O-].O=C([O-])[O-].O=C([O-])[O-].O=C([O-])[O-].O=C([O-])[O-].[Al+3].[Al+3].[Ba+2].[Ba+2]. The fraction of sp³-hybridized carbons (Fsp3) is 0. The summed E-state index contributed by atoms with van der Waals surface area (Å²) in [5.41, 5.74) is 0. The average molecular weight is 629 g/mol. The summed E-state index contributed by atoms with van der Waals surface area (Å²) in [5.74, 6) is 0. The maximum Gasteiger partial charge on any atom is 3.00 e. The molecular formula is C5Al2Ba2O15. The van der Waals surface area contributed by atoms with Gasteiger partial charge in [-0.05, 0) is 30.8 Å². The van der Waals surface area contributed by atoms with E-state index in [0.29, 0.717) is 0 Å². The van der Waals surface area contributed by atoms with Crippen molar-refractivity contribution < 1.29 is 75.0 Å². The van der Waals surface area contributed by atoms with Crippen LogP contribution in [0.25, 0.3) is 0 Å². The van der Waals surface area contributed by atoms with Gasteiger partial charge in [0.1, 0.15) is 0 Å². The van der Waals surface area contributed by atoms with E-state index in [1.54, 1.807) is 0 Å². The Bertz CT molecular complexity index is 221. The van der Waals surface area contributed by atoms with Crippen LogP contribution in [0.15, 0.2) is 0 Å². The number of carbonyl (C=O) groups excluding carboxylic acids is 5. The molecule has 0 aliphatic heterocycles. The summed E-state index contributed by atoms with van der Waals surface area (Å²) in [6.07, 6.45) is -11.7. The van der Waals surface area contributed by atoms with Gasteiger partial charge in [-0.3, -0.25) is 0 Å². The molecule has 24 heavy (non-hydrogen) atoms. The minimum Gasteiger partial charge on any atom is -0.652 e. The smallest absolute Gasteiger partial charge is 0.652 e. The Morgan fingerprint density at radius 2 is 0.333 bits per heavy atom. The summed E-state index contributed by atoms with van der Waals surface area (Å²) in [6, 6.07) is 0. The Labute approximate surface area is 234 Å². The molecule has 0 rings (SSSR count). The number of hydrogen-bond donors (Lipinski definition) is 0. The molecule has 0 spiro atoms. The summed E-state index contributed by atoms with van der Waals surface area (Å²) in [7, 11) is 0. The van der Waals surface area contributed by atoms with Gasteiger partial charge in [0.05, 0.1) is 0 Å². The third-order valence-electron chi connectivity index (χ3n) is 0. The van der Waals surface area contributed by atoms with Crippen LogP contribution in [-0.2, 0) is 0 Å². The average Bonchev–Trinajstić information content (AvgIpc) is 1.94. The Morgan fingerprint density at radius 3 is 0.333 bits per heavy atom. The zero-order chi connectivity index (χ0) is 17.9. The molecule has 0 aliphatic carbocycles. The minimum atomic E-state index is -2.33. The molecule has 0 bridgehead atoms. The first kappa shape index (κ1) is 56.3. The molecule has 120 valence electrons. The van der Waals surface area contributed by atoms with Crippen LogP contribution in [0.5, 0.6) is 0 Å². The second-order valence-corrected chi connectivity index (χ2v) is 1.25. The van der Waals surface area contributed by atoms with Crippen LogP contribution >= 0.6 is 0 Å². The standard InChI is InChI=1S/5CH2O3.2Al.2Ba/c5*2-1(3)4;;;;/h5*(H2,2,3,4);;;;/q;;;;;2*+3;2*+2/p-10. The molecule has 0 aromatic rings. The first-order valence-corrected chi connectivity index (χ1v) is 3.06. The molecule has 0 amide bonds. The molecule has 0 aromatic heterocycles. The van der Waals surface area contributed by atoms with Crippen molar-refractivity contribution in [1.29, 1.82) is 0 Å². The third kappa shape index (κ3) is 33700. The molecule has 0 unspecified atom stereocenters. The summed E-state index contributed by atoms with van der Waals surface area (Å²) in [6.45, 7) is 0. The Balaban J connectivity index is -0.0000000161. The van der Waals surface area contributed by atoms with Gasteiger partial charge < -0.3 is 75.0 Å². The van der Waals surface area contributed by atoms with Crippen molar-refractivity contribution in [1.82, 2.24) is 0 Å². The molecule has 0 fully saturated rings. The number of carboxylic acid groups (broad SMARTS) is 10. The number of rotatable bonds is 0. The fourth-order valence-corrected chi connectivity index (χ4v) is 0. The van der Waals surface area contributed by atoms with E-state index in [2.05, 4.69) is 0 Å². The van der Waals surface area contributed by atoms with E-state index in [1.807, 2.05) is 0 Å². The van der Waals surface area contributed by atoms with Gasteiger partial charge >= 0.3 is 132 Å². The number of carbonyl (C=O) groups is 5. The summed E-state index contributed by atoms with van der Waals surface area (Å²) in [5, 5.41) is 83.3. The van der Waals surface area contributed by atoms with Crippen molar-refractivity contribution in [3.63, 3.8) is 0 Å². The van der Waals surface area contributed by atoms with Gasteiger partial charge in [0.25, 0.3) is 0 Å². The second-order valence-electron chi connectivity index (χ2n) is 1.25. The van der Waals surface area contributed by atoms with Crippen molar-refractivity contribution in [2.24, 2.45) is 0 Å². The molecule has 0 heterocycles. The van der Waals surface area contributed by atoms with Crippen LogP contribution < -0.4 is 51.1 Å². The Kier molecular flexibility index (Phi) is 116. The predicted octanol–water partition coefficient (Wildman–Crippen LogP) is -13.8. The largest absolute Gasteiger partial charge is 3.00 e. The van der Waals surface area contributed by atoms with Crippen molar-refractivity contribution in [2.45, 2.75) is 0 Å². The van der Waals surface area contributed by atoms with Gasteiger partial charge in [0, 0.05) is 0 Å². The normalized spacial score (nSPS) is 5.00. The monoisotopic (exact) mass is 630 g/mol. The Hall–Kier alpha value is 0.558. The zero-order valence-corrected chi connectivity index (χ0v) is 22.4. The van der Waals surface area contributed by atoms with E-state index >= 15 is 0 Å². The van der Waals surface area contributed by atoms with E-state index in [1.165, 1.54) is 0 Å². The topological polar surface area (TPSA) is 316 Å². The molecule has 0 saturated carbocycles.